The first kappa shape index (κ1) is 32.3. The number of nitrogens with one attached hydrogen (secondary N) is 4. The van der Waals surface area contributed by atoms with E-state index in [0.29, 0.717) is 12.5 Å². The zero-order valence-corrected chi connectivity index (χ0v) is 23.2. The number of unbranched alkanes of at least 4 members (excludes halogenated alkanes) is 9. The molecule has 6 heteroatoms. The second kappa shape index (κ2) is 25.0. The molecular formula is C29H60N4O2. The van der Waals surface area contributed by atoms with Gasteiger partial charge in [-0.3, -0.25) is 4.79 Å². The molecule has 208 valence electrons. The summed E-state index contributed by atoms with van der Waals surface area (Å²) in [6.07, 6.45) is 22.2. The van der Waals surface area contributed by atoms with Gasteiger partial charge in [0.25, 0.3) is 0 Å². The number of aliphatic hydroxyl groups is 1. The minimum absolute atomic E-state index is 0.0717. The van der Waals surface area contributed by atoms with Crippen molar-refractivity contribution in [1.82, 2.24) is 21.3 Å². The summed E-state index contributed by atoms with van der Waals surface area (Å²) in [6.45, 7) is 8.13. The van der Waals surface area contributed by atoms with E-state index in [1.54, 1.807) is 0 Å². The minimum Gasteiger partial charge on any atom is -0.393 e. The highest BCUT2D eigenvalue weighted by Crippen LogP contribution is 2.14. The van der Waals surface area contributed by atoms with E-state index in [9.17, 15) is 9.90 Å². The molecule has 0 saturated carbocycles. The first-order valence-corrected chi connectivity index (χ1v) is 15.3. The van der Waals surface area contributed by atoms with Crippen LogP contribution in [0.25, 0.3) is 0 Å². The lowest BCUT2D eigenvalue weighted by molar-refractivity contribution is -0.121. The molecule has 0 radical (unpaired) electrons. The highest BCUT2D eigenvalue weighted by atomic mass is 16.3. The van der Waals surface area contributed by atoms with Gasteiger partial charge >= 0.3 is 0 Å². The van der Waals surface area contributed by atoms with E-state index in [4.69, 9.17) is 0 Å². The summed E-state index contributed by atoms with van der Waals surface area (Å²) in [4.78, 5) is 12.4. The van der Waals surface area contributed by atoms with Crippen LogP contribution < -0.4 is 21.3 Å². The van der Waals surface area contributed by atoms with Gasteiger partial charge in [0.15, 0.2) is 0 Å². The van der Waals surface area contributed by atoms with Gasteiger partial charge < -0.3 is 26.4 Å². The quantitative estimate of drug-likeness (QED) is 0.205. The lowest BCUT2D eigenvalue weighted by Gasteiger charge is -2.19. The normalized spacial score (nSPS) is 20.7. The topological polar surface area (TPSA) is 85.4 Å². The average Bonchev–Trinajstić information content (AvgIpc) is 2.84. The molecule has 1 heterocycles. The summed E-state index contributed by atoms with van der Waals surface area (Å²) in [5.74, 6) is 0.199. The Morgan fingerprint density at radius 3 is 1.89 bits per heavy atom. The average molecular weight is 497 g/mol. The molecule has 2 unspecified atom stereocenters. The van der Waals surface area contributed by atoms with Crippen LogP contribution in [0, 0.1) is 0 Å². The second-order valence-corrected chi connectivity index (χ2v) is 10.7. The van der Waals surface area contributed by atoms with Gasteiger partial charge in [-0.25, -0.2) is 0 Å². The van der Waals surface area contributed by atoms with E-state index in [-0.39, 0.29) is 12.0 Å². The maximum Gasteiger partial charge on any atom is 0.221 e. The van der Waals surface area contributed by atoms with E-state index in [1.807, 2.05) is 0 Å². The van der Waals surface area contributed by atoms with Crippen molar-refractivity contribution in [2.24, 2.45) is 0 Å². The van der Waals surface area contributed by atoms with E-state index in [1.165, 1.54) is 77.0 Å². The lowest BCUT2D eigenvalue weighted by atomic mass is 10.0. The maximum absolute atomic E-state index is 12.4. The largest absolute Gasteiger partial charge is 0.393 e. The standard InChI is InChI=1S/C29H60N4O2/c1-2-17-28(34)19-12-10-8-6-4-3-5-7-9-11-18-27-26-29(35)33-25-16-23-31-21-14-13-20-30-22-15-24-32-27/h27-28,30-32,34H,2-26H2,1H3,(H,33,35). The van der Waals surface area contributed by atoms with E-state index in [2.05, 4.69) is 28.2 Å². The molecule has 6 nitrogen and oxygen atoms in total. The zero-order chi connectivity index (χ0) is 25.2. The third kappa shape index (κ3) is 22.2. The third-order valence-electron chi connectivity index (χ3n) is 7.17. The van der Waals surface area contributed by atoms with Gasteiger partial charge in [0.1, 0.15) is 0 Å². The van der Waals surface area contributed by atoms with Crippen LogP contribution in [0.15, 0.2) is 0 Å². The van der Waals surface area contributed by atoms with Gasteiger partial charge in [-0.15, -0.1) is 0 Å². The molecule has 0 spiro atoms. The SMILES string of the molecule is CCCC(O)CCCCCCCCCCCCC1CC(=O)NCCCNCCCCNCCCN1. The third-order valence-corrected chi connectivity index (χ3v) is 7.17. The first-order chi connectivity index (χ1) is 17.2. The molecule has 35 heavy (non-hydrogen) atoms. The number of carbonyl (C=O) groups is 1. The van der Waals surface area contributed by atoms with E-state index in [0.717, 1.165) is 77.8 Å². The van der Waals surface area contributed by atoms with E-state index >= 15 is 0 Å². The van der Waals surface area contributed by atoms with Crippen molar-refractivity contribution in [2.45, 2.75) is 141 Å². The molecule has 1 amide bonds. The predicted octanol–water partition coefficient (Wildman–Crippen LogP) is 5.05. The monoisotopic (exact) mass is 496 g/mol. The Labute approximate surface area is 217 Å². The second-order valence-electron chi connectivity index (χ2n) is 10.7. The van der Waals surface area contributed by atoms with Crippen LogP contribution >= 0.6 is 0 Å². The fourth-order valence-electron chi connectivity index (χ4n) is 4.95. The van der Waals surface area contributed by atoms with Crippen molar-refractivity contribution in [3.05, 3.63) is 0 Å². The molecule has 1 rings (SSSR count). The summed E-state index contributed by atoms with van der Waals surface area (Å²) in [6, 6.07) is 0.305. The zero-order valence-electron chi connectivity index (χ0n) is 23.2. The Morgan fingerprint density at radius 1 is 0.714 bits per heavy atom. The first-order valence-electron chi connectivity index (χ1n) is 15.3. The fraction of sp³-hybridized carbons (Fsp3) is 0.966. The van der Waals surface area contributed by atoms with Gasteiger partial charge in [-0.1, -0.05) is 77.6 Å². The molecule has 1 saturated heterocycles. The fourth-order valence-corrected chi connectivity index (χ4v) is 4.95. The number of hydrogen-bond donors (Lipinski definition) is 5. The number of aliphatic hydroxyl groups excluding tert-OH is 1. The summed E-state index contributed by atoms with van der Waals surface area (Å²) >= 11 is 0. The Bertz CT molecular complexity index is 464. The van der Waals surface area contributed by atoms with Crippen molar-refractivity contribution < 1.29 is 9.90 Å². The van der Waals surface area contributed by atoms with Crippen molar-refractivity contribution in [3.8, 4) is 0 Å². The molecule has 1 fully saturated rings. The number of amides is 1. The highest BCUT2D eigenvalue weighted by molar-refractivity contribution is 5.76. The predicted molar refractivity (Wildman–Crippen MR) is 150 cm³/mol. The van der Waals surface area contributed by atoms with Crippen LogP contribution in [-0.4, -0.2) is 62.4 Å². The van der Waals surface area contributed by atoms with Gasteiger partial charge in [-0.2, -0.15) is 0 Å². The Kier molecular flexibility index (Phi) is 23.1. The molecule has 0 bridgehead atoms. The van der Waals surface area contributed by atoms with Crippen LogP contribution in [0.3, 0.4) is 0 Å². The summed E-state index contributed by atoms with van der Waals surface area (Å²) < 4.78 is 0. The van der Waals surface area contributed by atoms with Crippen molar-refractivity contribution >= 4 is 5.91 Å². The van der Waals surface area contributed by atoms with Crippen LogP contribution in [-0.2, 0) is 4.79 Å². The molecule has 2 atom stereocenters. The number of carbonyl (C=O) groups excluding carboxylic acids is 1. The van der Waals surface area contributed by atoms with Gasteiger partial charge in [-0.05, 0) is 77.7 Å². The molecule has 1 aliphatic rings. The van der Waals surface area contributed by atoms with Gasteiger partial charge in [0, 0.05) is 19.0 Å². The molecule has 0 aromatic carbocycles. The molecule has 0 aromatic heterocycles. The van der Waals surface area contributed by atoms with Gasteiger partial charge in [0.2, 0.25) is 5.91 Å². The smallest absolute Gasteiger partial charge is 0.221 e. The lowest BCUT2D eigenvalue weighted by Crippen LogP contribution is -2.37. The van der Waals surface area contributed by atoms with Crippen LogP contribution in [0.2, 0.25) is 0 Å². The summed E-state index contributed by atoms with van der Waals surface area (Å²) in [5, 5.41) is 23.6. The molecule has 1 aliphatic heterocycles. The highest BCUT2D eigenvalue weighted by Gasteiger charge is 2.13. The Hall–Kier alpha value is -0.690. The van der Waals surface area contributed by atoms with E-state index < -0.39 is 0 Å². The van der Waals surface area contributed by atoms with Crippen LogP contribution in [0.1, 0.15) is 129 Å². The molecule has 0 aromatic rings. The minimum atomic E-state index is -0.0717. The number of rotatable bonds is 15. The van der Waals surface area contributed by atoms with Crippen LogP contribution in [0.5, 0.6) is 0 Å². The van der Waals surface area contributed by atoms with Crippen molar-refractivity contribution in [3.63, 3.8) is 0 Å². The van der Waals surface area contributed by atoms with Crippen LogP contribution in [0.4, 0.5) is 0 Å². The van der Waals surface area contributed by atoms with Gasteiger partial charge in [0.05, 0.1) is 6.10 Å². The molecule has 0 aliphatic carbocycles. The molecule has 5 N–H and O–H groups in total. The van der Waals surface area contributed by atoms with Crippen molar-refractivity contribution in [1.29, 1.82) is 0 Å². The Morgan fingerprint density at radius 2 is 1.26 bits per heavy atom. The molecular weight excluding hydrogens is 436 g/mol. The number of hydrogen-bond acceptors (Lipinski definition) is 5. The summed E-state index contributed by atoms with van der Waals surface area (Å²) in [5.41, 5.74) is 0. The maximum atomic E-state index is 12.4. The summed E-state index contributed by atoms with van der Waals surface area (Å²) in [7, 11) is 0. The Balaban J connectivity index is 2.08. The van der Waals surface area contributed by atoms with Crippen molar-refractivity contribution in [2.75, 3.05) is 39.3 Å².